The SMILES string of the molecule is NCCOCCN1CCN(C(=O)Nc2csc(-c3ccc(Cl)c(Cl)c3)n2)CC1. The molecule has 10 heteroatoms. The lowest BCUT2D eigenvalue weighted by Gasteiger charge is -2.34. The standard InChI is InChI=1S/C18H23Cl2N5O2S/c19-14-2-1-13(11-15(14)20)17-22-16(12-28-17)23-18(26)25-6-4-24(5-7-25)8-10-27-9-3-21/h1-2,11-12H,3-10,21H2,(H,23,26). The normalized spacial score (nSPS) is 15.0. The highest BCUT2D eigenvalue weighted by atomic mass is 35.5. The van der Waals surface area contributed by atoms with Crippen LogP contribution in [0.3, 0.4) is 0 Å². The lowest BCUT2D eigenvalue weighted by Crippen LogP contribution is -2.50. The van der Waals surface area contributed by atoms with Gasteiger partial charge in [0.1, 0.15) is 10.8 Å². The first kappa shape index (κ1) is 21.3. The molecule has 2 aromatic rings. The van der Waals surface area contributed by atoms with Crippen LogP contribution in [-0.2, 0) is 4.74 Å². The summed E-state index contributed by atoms with van der Waals surface area (Å²) in [5.74, 6) is 0.536. The number of urea groups is 1. The minimum absolute atomic E-state index is 0.134. The van der Waals surface area contributed by atoms with Crippen LogP contribution in [-0.4, -0.2) is 73.3 Å². The van der Waals surface area contributed by atoms with E-state index >= 15 is 0 Å². The Morgan fingerprint density at radius 2 is 2.00 bits per heavy atom. The van der Waals surface area contributed by atoms with Crippen LogP contribution in [0.4, 0.5) is 10.6 Å². The van der Waals surface area contributed by atoms with Crippen LogP contribution in [0, 0.1) is 0 Å². The number of benzene rings is 1. The fourth-order valence-electron chi connectivity index (χ4n) is 2.84. The molecule has 1 aromatic carbocycles. The molecule has 2 amide bonds. The van der Waals surface area contributed by atoms with Gasteiger partial charge in [0, 0.05) is 50.2 Å². The summed E-state index contributed by atoms with van der Waals surface area (Å²) in [4.78, 5) is 21.1. The summed E-state index contributed by atoms with van der Waals surface area (Å²) in [5, 5.41) is 6.45. The number of thiazole rings is 1. The third kappa shape index (κ3) is 5.79. The summed E-state index contributed by atoms with van der Waals surface area (Å²) in [7, 11) is 0. The van der Waals surface area contributed by atoms with Gasteiger partial charge in [0.25, 0.3) is 0 Å². The average molecular weight is 444 g/mol. The van der Waals surface area contributed by atoms with Gasteiger partial charge < -0.3 is 15.4 Å². The quantitative estimate of drug-likeness (QED) is 0.641. The molecular formula is C18H23Cl2N5O2S. The number of nitrogens with one attached hydrogen (secondary N) is 1. The molecule has 0 saturated carbocycles. The van der Waals surface area contributed by atoms with Gasteiger partial charge in [0.2, 0.25) is 0 Å². The van der Waals surface area contributed by atoms with Crippen molar-refractivity contribution in [3.05, 3.63) is 33.6 Å². The second kappa shape index (κ2) is 10.4. The minimum Gasteiger partial charge on any atom is -0.379 e. The van der Waals surface area contributed by atoms with Gasteiger partial charge in [-0.25, -0.2) is 9.78 Å². The minimum atomic E-state index is -0.134. The van der Waals surface area contributed by atoms with Crippen LogP contribution in [0.2, 0.25) is 10.0 Å². The average Bonchev–Trinajstić information content (AvgIpc) is 3.16. The largest absolute Gasteiger partial charge is 0.379 e. The zero-order valence-corrected chi connectivity index (χ0v) is 17.7. The van der Waals surface area contributed by atoms with Gasteiger partial charge in [-0.15, -0.1) is 11.3 Å². The summed E-state index contributed by atoms with van der Waals surface area (Å²) in [6, 6.07) is 5.23. The molecule has 28 heavy (non-hydrogen) atoms. The number of piperazine rings is 1. The number of carbonyl (C=O) groups is 1. The number of nitrogens with zero attached hydrogens (tertiary/aromatic N) is 3. The molecule has 7 nitrogen and oxygen atoms in total. The van der Waals surface area contributed by atoms with E-state index < -0.39 is 0 Å². The number of rotatable bonds is 7. The zero-order valence-electron chi connectivity index (χ0n) is 15.4. The Labute approximate surface area is 178 Å². The summed E-state index contributed by atoms with van der Waals surface area (Å²) in [6.45, 7) is 5.64. The molecule has 0 bridgehead atoms. The number of hydrogen-bond donors (Lipinski definition) is 2. The lowest BCUT2D eigenvalue weighted by atomic mass is 10.2. The predicted octanol–water partition coefficient (Wildman–Crippen LogP) is 3.24. The molecule has 1 aliphatic rings. The first-order valence-corrected chi connectivity index (χ1v) is 10.7. The summed E-state index contributed by atoms with van der Waals surface area (Å²) in [5.41, 5.74) is 6.27. The van der Waals surface area contributed by atoms with Crippen LogP contribution in [0.25, 0.3) is 10.6 Å². The molecule has 2 heterocycles. The number of aromatic nitrogens is 1. The highest BCUT2D eigenvalue weighted by molar-refractivity contribution is 7.13. The maximum Gasteiger partial charge on any atom is 0.323 e. The van der Waals surface area contributed by atoms with Gasteiger partial charge in [-0.2, -0.15) is 0 Å². The van der Waals surface area contributed by atoms with Crippen molar-refractivity contribution >= 4 is 46.4 Å². The molecule has 1 aromatic heterocycles. The molecule has 0 atom stereocenters. The van der Waals surface area contributed by atoms with Crippen molar-refractivity contribution in [3.8, 4) is 10.6 Å². The van der Waals surface area contributed by atoms with Crippen LogP contribution in [0.5, 0.6) is 0 Å². The highest BCUT2D eigenvalue weighted by Gasteiger charge is 2.21. The van der Waals surface area contributed by atoms with Gasteiger partial charge >= 0.3 is 6.03 Å². The molecule has 0 radical (unpaired) electrons. The first-order chi connectivity index (χ1) is 13.6. The number of anilines is 1. The maximum absolute atomic E-state index is 12.5. The van der Waals surface area contributed by atoms with E-state index in [0.717, 1.165) is 30.2 Å². The van der Waals surface area contributed by atoms with Gasteiger partial charge in [0.15, 0.2) is 0 Å². The monoisotopic (exact) mass is 443 g/mol. The Hall–Kier alpha value is -1.42. The number of hydrogen-bond acceptors (Lipinski definition) is 6. The number of nitrogens with two attached hydrogens (primary N) is 1. The fourth-order valence-corrected chi connectivity index (χ4v) is 3.88. The predicted molar refractivity (Wildman–Crippen MR) is 114 cm³/mol. The number of ether oxygens (including phenoxy) is 1. The molecule has 0 unspecified atom stereocenters. The Bertz CT molecular complexity index is 796. The molecule has 1 aliphatic heterocycles. The van der Waals surface area contributed by atoms with E-state index in [9.17, 15) is 4.79 Å². The first-order valence-electron chi connectivity index (χ1n) is 9.04. The van der Waals surface area contributed by atoms with E-state index in [1.165, 1.54) is 11.3 Å². The Morgan fingerprint density at radius 1 is 1.21 bits per heavy atom. The molecular weight excluding hydrogens is 421 g/mol. The van der Waals surface area contributed by atoms with Crippen molar-refractivity contribution in [2.75, 3.05) is 57.8 Å². The van der Waals surface area contributed by atoms with Crippen molar-refractivity contribution in [1.29, 1.82) is 0 Å². The molecule has 152 valence electrons. The summed E-state index contributed by atoms with van der Waals surface area (Å²) < 4.78 is 5.41. The third-order valence-electron chi connectivity index (χ3n) is 4.38. The fraction of sp³-hybridized carbons (Fsp3) is 0.444. The number of carbonyl (C=O) groups excluding carboxylic acids is 1. The van der Waals surface area contributed by atoms with E-state index in [2.05, 4.69) is 15.2 Å². The second-order valence-corrected chi connectivity index (χ2v) is 8.00. The van der Waals surface area contributed by atoms with Crippen LogP contribution in [0.1, 0.15) is 0 Å². The van der Waals surface area contributed by atoms with Gasteiger partial charge in [0.05, 0.1) is 23.3 Å². The van der Waals surface area contributed by atoms with Crippen molar-refractivity contribution in [2.24, 2.45) is 5.73 Å². The van der Waals surface area contributed by atoms with Gasteiger partial charge in [-0.3, -0.25) is 10.2 Å². The topological polar surface area (TPSA) is 83.7 Å². The second-order valence-electron chi connectivity index (χ2n) is 6.33. The Morgan fingerprint density at radius 3 is 2.71 bits per heavy atom. The third-order valence-corrected chi connectivity index (χ3v) is 6.01. The Balaban J connectivity index is 1.48. The molecule has 0 spiro atoms. The number of amides is 2. The molecule has 0 aliphatic carbocycles. The van der Waals surface area contributed by atoms with E-state index in [4.69, 9.17) is 33.7 Å². The van der Waals surface area contributed by atoms with Crippen LogP contribution < -0.4 is 11.1 Å². The van der Waals surface area contributed by atoms with Crippen molar-refractivity contribution in [1.82, 2.24) is 14.8 Å². The van der Waals surface area contributed by atoms with Crippen LogP contribution >= 0.6 is 34.5 Å². The zero-order chi connectivity index (χ0) is 19.9. The van der Waals surface area contributed by atoms with Gasteiger partial charge in [-0.05, 0) is 12.1 Å². The van der Waals surface area contributed by atoms with Crippen molar-refractivity contribution in [3.63, 3.8) is 0 Å². The number of halogens is 2. The summed E-state index contributed by atoms with van der Waals surface area (Å²) in [6.07, 6.45) is 0. The molecule has 3 N–H and O–H groups in total. The van der Waals surface area contributed by atoms with Crippen molar-refractivity contribution in [2.45, 2.75) is 0 Å². The lowest BCUT2D eigenvalue weighted by molar-refractivity contribution is 0.0874. The Kier molecular flexibility index (Phi) is 7.90. The smallest absolute Gasteiger partial charge is 0.323 e. The van der Waals surface area contributed by atoms with E-state index in [1.54, 1.807) is 17.0 Å². The molecule has 1 saturated heterocycles. The highest BCUT2D eigenvalue weighted by Crippen LogP contribution is 2.31. The van der Waals surface area contributed by atoms with Gasteiger partial charge in [-0.1, -0.05) is 29.3 Å². The summed E-state index contributed by atoms with van der Waals surface area (Å²) >= 11 is 13.5. The van der Waals surface area contributed by atoms with Crippen LogP contribution in [0.15, 0.2) is 23.6 Å². The molecule has 1 fully saturated rings. The van der Waals surface area contributed by atoms with E-state index in [-0.39, 0.29) is 6.03 Å². The van der Waals surface area contributed by atoms with E-state index in [0.29, 0.717) is 48.7 Å². The maximum atomic E-state index is 12.5. The van der Waals surface area contributed by atoms with Crippen molar-refractivity contribution < 1.29 is 9.53 Å². The molecule has 3 rings (SSSR count). The van der Waals surface area contributed by atoms with E-state index in [1.807, 2.05) is 11.4 Å².